The van der Waals surface area contributed by atoms with Crippen LogP contribution in [0.3, 0.4) is 0 Å². The fourth-order valence-corrected chi connectivity index (χ4v) is 5.26. The lowest BCUT2D eigenvalue weighted by atomic mass is 10.1. The number of nitrogens with zero attached hydrogens (tertiary/aromatic N) is 3. The normalized spacial score (nSPS) is 18.7. The number of rotatable bonds is 5. The number of para-hydroxylation sites is 1. The molecule has 2 aromatic rings. The maximum atomic E-state index is 11.9. The number of hydrogen-bond acceptors (Lipinski definition) is 6. The second kappa shape index (κ2) is 7.23. The second-order valence-electron chi connectivity index (χ2n) is 6.89. The van der Waals surface area contributed by atoms with E-state index in [-0.39, 0.29) is 17.5 Å². The lowest BCUT2D eigenvalue weighted by molar-refractivity contribution is 0.599. The number of anilines is 3. The Bertz CT molecular complexity index is 892. The van der Waals surface area contributed by atoms with Crippen LogP contribution in [0.5, 0.6) is 0 Å². The summed E-state index contributed by atoms with van der Waals surface area (Å²) < 4.78 is 23.7. The van der Waals surface area contributed by atoms with Gasteiger partial charge >= 0.3 is 0 Å². The molecular weight excluding hydrogens is 348 g/mol. The highest BCUT2D eigenvalue weighted by atomic mass is 32.2. The molecule has 0 radical (unpaired) electrons. The first-order valence-electron chi connectivity index (χ1n) is 8.95. The van der Waals surface area contributed by atoms with Gasteiger partial charge in [0.1, 0.15) is 17.5 Å². The van der Waals surface area contributed by atoms with E-state index in [1.54, 1.807) is 0 Å². The van der Waals surface area contributed by atoms with Crippen LogP contribution in [0.2, 0.25) is 0 Å². The summed E-state index contributed by atoms with van der Waals surface area (Å²) in [7, 11) is -2.94. The minimum atomic E-state index is -2.94. The molecule has 1 aromatic heterocycles. The van der Waals surface area contributed by atoms with Gasteiger partial charge in [-0.25, -0.2) is 18.4 Å². The van der Waals surface area contributed by atoms with Crippen LogP contribution in [-0.2, 0) is 9.84 Å². The summed E-state index contributed by atoms with van der Waals surface area (Å²) in [6, 6.07) is 8.05. The summed E-state index contributed by atoms with van der Waals surface area (Å²) in [6.45, 7) is 8.72. The largest absolute Gasteiger partial charge is 0.353 e. The molecule has 2 heterocycles. The van der Waals surface area contributed by atoms with Crippen LogP contribution in [0.25, 0.3) is 0 Å². The van der Waals surface area contributed by atoms with Crippen molar-refractivity contribution < 1.29 is 8.42 Å². The van der Waals surface area contributed by atoms with E-state index in [1.165, 1.54) is 0 Å². The van der Waals surface area contributed by atoms with Crippen molar-refractivity contribution in [2.75, 3.05) is 28.3 Å². The molecule has 1 aromatic carbocycles. The molecule has 26 heavy (non-hydrogen) atoms. The van der Waals surface area contributed by atoms with Gasteiger partial charge in [0, 0.05) is 24.3 Å². The average molecular weight is 375 g/mol. The zero-order chi connectivity index (χ0) is 18.9. The summed E-state index contributed by atoms with van der Waals surface area (Å²) in [5.74, 6) is 2.62. The minimum absolute atomic E-state index is 0.0210. The van der Waals surface area contributed by atoms with E-state index in [2.05, 4.69) is 46.2 Å². The van der Waals surface area contributed by atoms with E-state index >= 15 is 0 Å². The molecule has 140 valence electrons. The Morgan fingerprint density at radius 2 is 1.88 bits per heavy atom. The fraction of sp³-hybridized carbons (Fsp3) is 0.474. The predicted octanol–water partition coefficient (Wildman–Crippen LogP) is 3.16. The first-order valence-corrected chi connectivity index (χ1v) is 10.8. The molecule has 1 N–H and O–H groups in total. The molecule has 1 aliphatic heterocycles. The summed E-state index contributed by atoms with van der Waals surface area (Å²) in [6.07, 6.45) is 0.652. The Kier molecular flexibility index (Phi) is 5.18. The number of benzene rings is 1. The molecule has 6 nitrogen and oxygen atoms in total. The SMILES string of the molecule is CCN(c1cc(Nc2c(C)cccc2C)nc(C)n1)C1CCS(=O)(=O)C1. The van der Waals surface area contributed by atoms with Gasteiger partial charge in [0.2, 0.25) is 0 Å². The summed E-state index contributed by atoms with van der Waals surface area (Å²) >= 11 is 0. The molecule has 1 unspecified atom stereocenters. The first-order chi connectivity index (χ1) is 12.3. The van der Waals surface area contributed by atoms with Gasteiger partial charge in [0.05, 0.1) is 11.5 Å². The van der Waals surface area contributed by atoms with Gasteiger partial charge in [0.15, 0.2) is 9.84 Å². The number of sulfone groups is 1. The van der Waals surface area contributed by atoms with Gasteiger partial charge in [0.25, 0.3) is 0 Å². The van der Waals surface area contributed by atoms with Crippen molar-refractivity contribution in [3.05, 3.63) is 41.2 Å². The van der Waals surface area contributed by atoms with Crippen LogP contribution in [0.15, 0.2) is 24.3 Å². The summed E-state index contributed by atoms with van der Waals surface area (Å²) in [4.78, 5) is 11.2. The highest BCUT2D eigenvalue weighted by Gasteiger charge is 2.32. The molecule has 0 amide bonds. The van der Waals surface area contributed by atoms with Gasteiger partial charge in [-0.15, -0.1) is 0 Å². The van der Waals surface area contributed by atoms with Crippen LogP contribution in [-0.4, -0.2) is 42.5 Å². The molecule has 0 saturated carbocycles. The summed E-state index contributed by atoms with van der Waals surface area (Å²) in [5.41, 5.74) is 3.34. The van der Waals surface area contributed by atoms with Gasteiger partial charge in [-0.1, -0.05) is 18.2 Å². The zero-order valence-corrected chi connectivity index (χ0v) is 16.6. The quantitative estimate of drug-likeness (QED) is 0.866. The monoisotopic (exact) mass is 374 g/mol. The number of aryl methyl sites for hydroxylation is 3. The van der Waals surface area contributed by atoms with Crippen molar-refractivity contribution >= 4 is 27.2 Å². The van der Waals surface area contributed by atoms with Crippen molar-refractivity contribution in [2.45, 2.75) is 40.2 Å². The third-order valence-corrected chi connectivity index (χ3v) is 6.59. The number of hydrogen-bond donors (Lipinski definition) is 1. The van der Waals surface area contributed by atoms with Crippen LogP contribution in [0.4, 0.5) is 17.3 Å². The maximum absolute atomic E-state index is 11.9. The molecule has 0 spiro atoms. The molecule has 1 saturated heterocycles. The van der Waals surface area contributed by atoms with Gasteiger partial charge < -0.3 is 10.2 Å². The molecule has 1 aliphatic rings. The lowest BCUT2D eigenvalue weighted by Crippen LogP contribution is -2.37. The maximum Gasteiger partial charge on any atom is 0.152 e. The van der Waals surface area contributed by atoms with Crippen molar-refractivity contribution in [3.63, 3.8) is 0 Å². The van der Waals surface area contributed by atoms with E-state index in [0.717, 1.165) is 28.5 Å². The highest BCUT2D eigenvalue weighted by Crippen LogP contribution is 2.27. The zero-order valence-electron chi connectivity index (χ0n) is 15.8. The molecule has 7 heteroatoms. The molecule has 0 bridgehead atoms. The average Bonchev–Trinajstić information content (AvgIpc) is 2.91. The Labute approximate surface area is 155 Å². The Balaban J connectivity index is 1.92. The molecule has 1 atom stereocenters. The number of nitrogens with one attached hydrogen (secondary N) is 1. The predicted molar refractivity (Wildman–Crippen MR) is 106 cm³/mol. The van der Waals surface area contributed by atoms with E-state index < -0.39 is 9.84 Å². The Hall–Kier alpha value is -2.15. The third-order valence-electron chi connectivity index (χ3n) is 4.84. The van der Waals surface area contributed by atoms with Crippen molar-refractivity contribution in [1.82, 2.24) is 9.97 Å². The third kappa shape index (κ3) is 3.98. The lowest BCUT2D eigenvalue weighted by Gasteiger charge is -2.28. The molecule has 1 fully saturated rings. The van der Waals surface area contributed by atoms with E-state index in [0.29, 0.717) is 18.8 Å². The van der Waals surface area contributed by atoms with Crippen LogP contribution < -0.4 is 10.2 Å². The Morgan fingerprint density at radius 1 is 1.19 bits per heavy atom. The van der Waals surface area contributed by atoms with Crippen LogP contribution in [0, 0.1) is 20.8 Å². The first kappa shape index (κ1) is 18.6. The van der Waals surface area contributed by atoms with Crippen molar-refractivity contribution in [1.29, 1.82) is 0 Å². The van der Waals surface area contributed by atoms with Crippen molar-refractivity contribution in [2.24, 2.45) is 0 Å². The fourth-order valence-electron chi connectivity index (χ4n) is 3.53. The highest BCUT2D eigenvalue weighted by molar-refractivity contribution is 7.91. The molecular formula is C19H26N4O2S. The van der Waals surface area contributed by atoms with Gasteiger partial charge in [-0.2, -0.15) is 0 Å². The minimum Gasteiger partial charge on any atom is -0.353 e. The van der Waals surface area contributed by atoms with E-state index in [9.17, 15) is 8.42 Å². The van der Waals surface area contributed by atoms with Crippen molar-refractivity contribution in [3.8, 4) is 0 Å². The van der Waals surface area contributed by atoms with Crippen LogP contribution >= 0.6 is 0 Å². The second-order valence-corrected chi connectivity index (χ2v) is 9.12. The Morgan fingerprint density at radius 3 is 2.46 bits per heavy atom. The van der Waals surface area contributed by atoms with E-state index in [4.69, 9.17) is 0 Å². The topological polar surface area (TPSA) is 75.2 Å². The smallest absolute Gasteiger partial charge is 0.152 e. The molecule has 0 aliphatic carbocycles. The van der Waals surface area contributed by atoms with Gasteiger partial charge in [-0.3, -0.25) is 0 Å². The number of aromatic nitrogens is 2. The van der Waals surface area contributed by atoms with Gasteiger partial charge in [-0.05, 0) is 45.2 Å². The van der Waals surface area contributed by atoms with Crippen LogP contribution in [0.1, 0.15) is 30.3 Å². The molecule has 3 rings (SSSR count). The standard InChI is InChI=1S/C19H26N4O2S/c1-5-23(16-9-10-26(24,25)12-16)18-11-17(20-15(4)21-18)22-19-13(2)7-6-8-14(19)3/h6-8,11,16H,5,9-10,12H2,1-4H3,(H,20,21,22). The van der Waals surface area contributed by atoms with E-state index in [1.807, 2.05) is 26.0 Å². The summed E-state index contributed by atoms with van der Waals surface area (Å²) in [5, 5.41) is 3.41.